The molecular formula is C14H12N4O3. The number of rotatable bonds is 4. The first kappa shape index (κ1) is 14.4. The molecule has 1 unspecified atom stereocenters. The summed E-state index contributed by atoms with van der Waals surface area (Å²) in [5.41, 5.74) is 6.45. The molecule has 7 heteroatoms. The Hall–Kier alpha value is -2.98. The molecule has 0 amide bonds. The topological polar surface area (TPSA) is 115 Å². The zero-order chi connectivity index (χ0) is 15.4. The van der Waals surface area contributed by atoms with Gasteiger partial charge in [-0.2, -0.15) is 5.26 Å². The van der Waals surface area contributed by atoms with Crippen LogP contribution in [0.1, 0.15) is 24.1 Å². The van der Waals surface area contributed by atoms with Crippen molar-refractivity contribution in [3.05, 3.63) is 57.8 Å². The van der Waals surface area contributed by atoms with Gasteiger partial charge in [0.15, 0.2) is 0 Å². The van der Waals surface area contributed by atoms with Gasteiger partial charge in [-0.1, -0.05) is 6.07 Å². The van der Waals surface area contributed by atoms with Crippen LogP contribution in [0.2, 0.25) is 0 Å². The summed E-state index contributed by atoms with van der Waals surface area (Å²) in [6.45, 7) is 1.82. The standard InChI is InChI=1S/C14H12N4O3/c1-9(16)11-3-5-14(17-8-11)21-13-4-2-10(7-15)6-12(13)18(19)20/h2-6,8-9H,16H2,1H3. The van der Waals surface area contributed by atoms with E-state index in [0.29, 0.717) is 0 Å². The zero-order valence-electron chi connectivity index (χ0n) is 11.2. The molecule has 0 saturated heterocycles. The van der Waals surface area contributed by atoms with E-state index in [0.717, 1.165) is 11.6 Å². The lowest BCUT2D eigenvalue weighted by Gasteiger charge is -2.08. The maximum atomic E-state index is 11.0. The predicted octanol–water partition coefficient (Wildman–Crippen LogP) is 2.67. The molecule has 0 fully saturated rings. The van der Waals surface area contributed by atoms with E-state index >= 15 is 0 Å². The summed E-state index contributed by atoms with van der Waals surface area (Å²) in [7, 11) is 0. The van der Waals surface area contributed by atoms with Gasteiger partial charge < -0.3 is 10.5 Å². The van der Waals surface area contributed by atoms with Gasteiger partial charge in [-0.3, -0.25) is 10.1 Å². The van der Waals surface area contributed by atoms with Crippen molar-refractivity contribution in [1.82, 2.24) is 4.98 Å². The number of pyridine rings is 1. The average Bonchev–Trinajstić information content (AvgIpc) is 2.48. The fourth-order valence-corrected chi connectivity index (χ4v) is 1.65. The number of benzene rings is 1. The molecule has 2 aromatic rings. The smallest absolute Gasteiger partial charge is 0.312 e. The molecule has 106 valence electrons. The highest BCUT2D eigenvalue weighted by molar-refractivity contribution is 5.52. The van der Waals surface area contributed by atoms with Crippen LogP contribution in [0.4, 0.5) is 5.69 Å². The zero-order valence-corrected chi connectivity index (χ0v) is 11.2. The molecule has 2 N–H and O–H groups in total. The maximum absolute atomic E-state index is 11.0. The van der Waals surface area contributed by atoms with Gasteiger partial charge >= 0.3 is 5.69 Å². The summed E-state index contributed by atoms with van der Waals surface area (Å²) in [5, 5.41) is 19.8. The Morgan fingerprint density at radius 2 is 2.19 bits per heavy atom. The Morgan fingerprint density at radius 3 is 2.71 bits per heavy atom. The van der Waals surface area contributed by atoms with Gasteiger partial charge in [-0.15, -0.1) is 0 Å². The van der Waals surface area contributed by atoms with Gasteiger partial charge in [-0.25, -0.2) is 4.98 Å². The van der Waals surface area contributed by atoms with Crippen molar-refractivity contribution in [1.29, 1.82) is 5.26 Å². The second-order valence-electron chi connectivity index (χ2n) is 4.37. The Bertz CT molecular complexity index is 705. The monoisotopic (exact) mass is 284 g/mol. The van der Waals surface area contributed by atoms with Crippen LogP contribution in [0.15, 0.2) is 36.5 Å². The minimum atomic E-state index is -0.605. The Morgan fingerprint density at radius 1 is 1.43 bits per heavy atom. The number of nitrogens with two attached hydrogens (primary N) is 1. The minimum Gasteiger partial charge on any atom is -0.432 e. The average molecular weight is 284 g/mol. The second-order valence-corrected chi connectivity index (χ2v) is 4.37. The van der Waals surface area contributed by atoms with Gasteiger partial charge in [0.1, 0.15) is 0 Å². The van der Waals surface area contributed by atoms with Crippen molar-refractivity contribution in [2.24, 2.45) is 5.73 Å². The van der Waals surface area contributed by atoms with E-state index in [9.17, 15) is 10.1 Å². The van der Waals surface area contributed by atoms with Crippen LogP contribution in [0.5, 0.6) is 11.6 Å². The maximum Gasteiger partial charge on any atom is 0.312 e. The summed E-state index contributed by atoms with van der Waals surface area (Å²) in [6, 6.07) is 8.98. The lowest BCUT2D eigenvalue weighted by molar-refractivity contribution is -0.385. The molecule has 21 heavy (non-hydrogen) atoms. The molecule has 0 saturated carbocycles. The number of aromatic nitrogens is 1. The molecule has 0 aliphatic carbocycles. The highest BCUT2D eigenvalue weighted by Crippen LogP contribution is 2.31. The van der Waals surface area contributed by atoms with Gasteiger partial charge in [0, 0.05) is 24.4 Å². The molecule has 1 heterocycles. The third kappa shape index (κ3) is 3.32. The Balaban J connectivity index is 2.31. The molecule has 1 atom stereocenters. The van der Waals surface area contributed by atoms with Crippen LogP contribution in [-0.4, -0.2) is 9.91 Å². The molecule has 0 aliphatic heterocycles. The minimum absolute atomic E-state index is 0.0278. The normalized spacial score (nSPS) is 11.5. The van der Waals surface area contributed by atoms with E-state index in [4.69, 9.17) is 15.7 Å². The molecule has 2 rings (SSSR count). The van der Waals surface area contributed by atoms with E-state index < -0.39 is 4.92 Å². The second kappa shape index (κ2) is 5.98. The largest absolute Gasteiger partial charge is 0.432 e. The Kier molecular flexibility index (Phi) is 4.11. The van der Waals surface area contributed by atoms with Crippen LogP contribution in [0.25, 0.3) is 0 Å². The van der Waals surface area contributed by atoms with Crippen LogP contribution < -0.4 is 10.5 Å². The molecule has 0 bridgehead atoms. The van der Waals surface area contributed by atoms with Crippen molar-refractivity contribution in [3.63, 3.8) is 0 Å². The van der Waals surface area contributed by atoms with E-state index in [-0.39, 0.29) is 28.9 Å². The summed E-state index contributed by atoms with van der Waals surface area (Å²) in [6.07, 6.45) is 1.55. The van der Waals surface area contributed by atoms with E-state index in [1.807, 2.05) is 13.0 Å². The van der Waals surface area contributed by atoms with Gasteiger partial charge in [0.05, 0.1) is 16.6 Å². The molecule has 1 aromatic heterocycles. The fraction of sp³-hybridized carbons (Fsp3) is 0.143. The van der Waals surface area contributed by atoms with Crippen LogP contribution >= 0.6 is 0 Å². The number of hydrogen-bond donors (Lipinski definition) is 1. The summed E-state index contributed by atoms with van der Waals surface area (Å²) < 4.78 is 5.40. The third-order valence-corrected chi connectivity index (χ3v) is 2.78. The molecule has 0 spiro atoms. The highest BCUT2D eigenvalue weighted by atomic mass is 16.6. The third-order valence-electron chi connectivity index (χ3n) is 2.78. The first-order valence-electron chi connectivity index (χ1n) is 6.09. The van der Waals surface area contributed by atoms with Crippen molar-refractivity contribution >= 4 is 5.69 Å². The van der Waals surface area contributed by atoms with Gasteiger partial charge in [0.25, 0.3) is 0 Å². The van der Waals surface area contributed by atoms with Gasteiger partial charge in [0.2, 0.25) is 11.6 Å². The van der Waals surface area contributed by atoms with E-state index in [1.54, 1.807) is 18.3 Å². The summed E-state index contributed by atoms with van der Waals surface area (Å²) in [4.78, 5) is 14.4. The molecule has 0 radical (unpaired) electrons. The van der Waals surface area contributed by atoms with Crippen LogP contribution in [-0.2, 0) is 0 Å². The molecule has 0 aliphatic rings. The quantitative estimate of drug-likeness (QED) is 0.681. The van der Waals surface area contributed by atoms with E-state index in [2.05, 4.69) is 4.98 Å². The van der Waals surface area contributed by atoms with Gasteiger partial charge in [-0.05, 0) is 24.6 Å². The lowest BCUT2D eigenvalue weighted by atomic mass is 10.2. The lowest BCUT2D eigenvalue weighted by Crippen LogP contribution is -2.05. The molecule has 1 aromatic carbocycles. The first-order valence-corrected chi connectivity index (χ1v) is 6.09. The number of nitro groups is 1. The Labute approximate surface area is 120 Å². The highest BCUT2D eigenvalue weighted by Gasteiger charge is 2.17. The number of nitrogens with zero attached hydrogens (tertiary/aromatic N) is 3. The number of nitro benzene ring substituents is 1. The molecular weight excluding hydrogens is 272 g/mol. The van der Waals surface area contributed by atoms with Crippen LogP contribution in [0.3, 0.4) is 0 Å². The number of nitriles is 1. The summed E-state index contributed by atoms with van der Waals surface area (Å²) in [5.74, 6) is 0.243. The molecule has 7 nitrogen and oxygen atoms in total. The first-order chi connectivity index (χ1) is 10.0. The fourth-order valence-electron chi connectivity index (χ4n) is 1.65. The van der Waals surface area contributed by atoms with Crippen molar-refractivity contribution in [2.75, 3.05) is 0 Å². The van der Waals surface area contributed by atoms with Crippen LogP contribution in [0, 0.1) is 21.4 Å². The number of hydrogen-bond acceptors (Lipinski definition) is 6. The number of ether oxygens (including phenoxy) is 1. The predicted molar refractivity (Wildman–Crippen MR) is 74.7 cm³/mol. The van der Waals surface area contributed by atoms with E-state index in [1.165, 1.54) is 12.1 Å². The SMILES string of the molecule is CC(N)c1ccc(Oc2ccc(C#N)cc2[N+](=O)[O-])nc1. The summed E-state index contributed by atoms with van der Waals surface area (Å²) >= 11 is 0. The van der Waals surface area contributed by atoms with Crippen molar-refractivity contribution in [2.45, 2.75) is 13.0 Å². The van der Waals surface area contributed by atoms with Crippen molar-refractivity contribution < 1.29 is 9.66 Å². The van der Waals surface area contributed by atoms with Crippen molar-refractivity contribution in [3.8, 4) is 17.7 Å².